The maximum Gasteiger partial charge on any atom is 0.162 e. The van der Waals surface area contributed by atoms with Crippen LogP contribution in [-0.4, -0.2) is 19.8 Å². The second kappa shape index (κ2) is 6.60. The van der Waals surface area contributed by atoms with Crippen molar-refractivity contribution in [3.05, 3.63) is 47.0 Å². The van der Waals surface area contributed by atoms with Crippen molar-refractivity contribution in [1.82, 2.24) is 0 Å². The molecule has 5 heteroatoms. The number of fused-ring (bicyclic) bond motifs is 1. The van der Waals surface area contributed by atoms with Crippen molar-refractivity contribution < 1.29 is 9.47 Å². The van der Waals surface area contributed by atoms with Gasteiger partial charge in [0.2, 0.25) is 0 Å². The zero-order valence-electron chi connectivity index (χ0n) is 11.5. The van der Waals surface area contributed by atoms with Crippen LogP contribution < -0.4 is 15.2 Å². The summed E-state index contributed by atoms with van der Waals surface area (Å²) in [7, 11) is 0. The molecule has 0 aromatic heterocycles. The minimum Gasteiger partial charge on any atom is -0.486 e. The second-order valence-electron chi connectivity index (χ2n) is 4.71. The number of benzene rings is 2. The standard InChI is InChI=1S/C16H16ClNO2S/c17-13-9-11(5-6-18)1-4-16(13)21-12-2-3-14-15(10-12)20-8-7-19-14/h1-4,9-10H,5-8,18H2. The van der Waals surface area contributed by atoms with Crippen LogP contribution >= 0.6 is 23.4 Å². The van der Waals surface area contributed by atoms with E-state index in [0.29, 0.717) is 19.8 Å². The fraction of sp³-hybridized carbons (Fsp3) is 0.250. The van der Waals surface area contributed by atoms with Crippen LogP contribution in [0, 0.1) is 0 Å². The van der Waals surface area contributed by atoms with E-state index in [2.05, 4.69) is 6.07 Å². The molecule has 0 saturated heterocycles. The van der Waals surface area contributed by atoms with Gasteiger partial charge in [-0.25, -0.2) is 0 Å². The van der Waals surface area contributed by atoms with Gasteiger partial charge in [-0.05, 0) is 48.9 Å². The molecule has 1 aliphatic heterocycles. The molecule has 110 valence electrons. The van der Waals surface area contributed by atoms with Crippen LogP contribution in [0.15, 0.2) is 46.2 Å². The molecule has 0 unspecified atom stereocenters. The highest BCUT2D eigenvalue weighted by Crippen LogP contribution is 2.39. The normalized spacial score (nSPS) is 13.2. The number of rotatable bonds is 4. The van der Waals surface area contributed by atoms with Crippen LogP contribution in [-0.2, 0) is 6.42 Å². The van der Waals surface area contributed by atoms with E-state index >= 15 is 0 Å². The molecular formula is C16H16ClNO2S. The van der Waals surface area contributed by atoms with Crippen molar-refractivity contribution in [2.75, 3.05) is 19.8 Å². The lowest BCUT2D eigenvalue weighted by Gasteiger charge is -2.18. The van der Waals surface area contributed by atoms with Crippen molar-refractivity contribution in [1.29, 1.82) is 0 Å². The average molecular weight is 322 g/mol. The molecule has 0 bridgehead atoms. The van der Waals surface area contributed by atoms with E-state index in [9.17, 15) is 0 Å². The van der Waals surface area contributed by atoms with Gasteiger partial charge in [-0.1, -0.05) is 29.4 Å². The molecule has 0 aliphatic carbocycles. The van der Waals surface area contributed by atoms with Crippen LogP contribution in [0.2, 0.25) is 5.02 Å². The Morgan fingerprint density at radius 2 is 1.86 bits per heavy atom. The van der Waals surface area contributed by atoms with Gasteiger partial charge in [0, 0.05) is 9.79 Å². The molecule has 2 aromatic carbocycles. The Morgan fingerprint density at radius 1 is 1.05 bits per heavy atom. The van der Waals surface area contributed by atoms with Gasteiger partial charge in [-0.3, -0.25) is 0 Å². The quantitative estimate of drug-likeness (QED) is 0.931. The Bertz CT molecular complexity index is 648. The van der Waals surface area contributed by atoms with Gasteiger partial charge in [0.1, 0.15) is 13.2 Å². The summed E-state index contributed by atoms with van der Waals surface area (Å²) in [5.41, 5.74) is 6.72. The SMILES string of the molecule is NCCc1ccc(Sc2ccc3c(c2)OCCO3)c(Cl)c1. The van der Waals surface area contributed by atoms with Gasteiger partial charge >= 0.3 is 0 Å². The van der Waals surface area contributed by atoms with Crippen molar-refractivity contribution in [2.24, 2.45) is 5.73 Å². The van der Waals surface area contributed by atoms with Gasteiger partial charge in [0.15, 0.2) is 11.5 Å². The van der Waals surface area contributed by atoms with Crippen molar-refractivity contribution in [3.8, 4) is 11.5 Å². The molecule has 1 heterocycles. The van der Waals surface area contributed by atoms with Crippen LogP contribution in [0.3, 0.4) is 0 Å². The highest BCUT2D eigenvalue weighted by atomic mass is 35.5. The fourth-order valence-corrected chi connectivity index (χ4v) is 3.33. The van der Waals surface area contributed by atoms with Gasteiger partial charge in [-0.15, -0.1) is 0 Å². The summed E-state index contributed by atoms with van der Waals surface area (Å²) in [6.45, 7) is 1.83. The number of halogens is 1. The van der Waals surface area contributed by atoms with Gasteiger partial charge in [-0.2, -0.15) is 0 Å². The molecule has 0 saturated carbocycles. The first kappa shape index (κ1) is 14.6. The van der Waals surface area contributed by atoms with Crippen LogP contribution in [0.25, 0.3) is 0 Å². The fourth-order valence-electron chi connectivity index (χ4n) is 2.16. The Balaban J connectivity index is 1.80. The lowest BCUT2D eigenvalue weighted by Crippen LogP contribution is -2.15. The third-order valence-electron chi connectivity index (χ3n) is 3.17. The zero-order valence-corrected chi connectivity index (χ0v) is 13.0. The summed E-state index contributed by atoms with van der Waals surface area (Å²) in [4.78, 5) is 2.10. The minimum atomic E-state index is 0.593. The van der Waals surface area contributed by atoms with Crippen molar-refractivity contribution in [3.63, 3.8) is 0 Å². The molecule has 0 atom stereocenters. The summed E-state index contributed by atoms with van der Waals surface area (Å²) in [6.07, 6.45) is 0.842. The third-order valence-corrected chi connectivity index (χ3v) is 4.66. The Morgan fingerprint density at radius 3 is 2.62 bits per heavy atom. The van der Waals surface area contributed by atoms with E-state index in [-0.39, 0.29) is 0 Å². The van der Waals surface area contributed by atoms with E-state index < -0.39 is 0 Å². The maximum atomic E-state index is 6.34. The van der Waals surface area contributed by atoms with E-state index in [4.69, 9.17) is 26.8 Å². The first-order valence-electron chi connectivity index (χ1n) is 6.82. The first-order valence-corrected chi connectivity index (χ1v) is 8.02. The smallest absolute Gasteiger partial charge is 0.162 e. The molecule has 1 aliphatic rings. The van der Waals surface area contributed by atoms with Crippen LogP contribution in [0.1, 0.15) is 5.56 Å². The molecule has 3 nitrogen and oxygen atoms in total. The number of nitrogens with two attached hydrogens (primary N) is 1. The summed E-state index contributed by atoms with van der Waals surface area (Å²) < 4.78 is 11.1. The molecule has 0 spiro atoms. The molecule has 2 aromatic rings. The topological polar surface area (TPSA) is 44.5 Å². The molecule has 0 fully saturated rings. The minimum absolute atomic E-state index is 0.593. The summed E-state index contributed by atoms with van der Waals surface area (Å²) >= 11 is 7.96. The number of hydrogen-bond donors (Lipinski definition) is 1. The van der Waals surface area contributed by atoms with Crippen LogP contribution in [0.5, 0.6) is 11.5 Å². The number of hydrogen-bond acceptors (Lipinski definition) is 4. The largest absolute Gasteiger partial charge is 0.486 e. The summed E-state index contributed by atoms with van der Waals surface area (Å²) in [6, 6.07) is 12.0. The third kappa shape index (κ3) is 3.46. The highest BCUT2D eigenvalue weighted by molar-refractivity contribution is 7.99. The predicted molar refractivity (Wildman–Crippen MR) is 85.8 cm³/mol. The number of ether oxygens (including phenoxy) is 2. The molecular weight excluding hydrogens is 306 g/mol. The van der Waals surface area contributed by atoms with Gasteiger partial charge in [0.25, 0.3) is 0 Å². The van der Waals surface area contributed by atoms with E-state index in [1.807, 2.05) is 30.3 Å². The summed E-state index contributed by atoms with van der Waals surface area (Å²) in [5, 5.41) is 0.751. The van der Waals surface area contributed by atoms with Crippen molar-refractivity contribution in [2.45, 2.75) is 16.2 Å². The average Bonchev–Trinajstić information content (AvgIpc) is 2.50. The summed E-state index contributed by atoms with van der Waals surface area (Å²) in [5.74, 6) is 1.59. The van der Waals surface area contributed by atoms with Crippen molar-refractivity contribution >= 4 is 23.4 Å². The van der Waals surface area contributed by atoms with E-state index in [1.54, 1.807) is 11.8 Å². The van der Waals surface area contributed by atoms with Gasteiger partial charge < -0.3 is 15.2 Å². The molecule has 0 amide bonds. The first-order chi connectivity index (χ1) is 10.3. The Kier molecular flexibility index (Phi) is 4.58. The molecule has 3 rings (SSSR count). The lowest BCUT2D eigenvalue weighted by atomic mass is 10.1. The monoisotopic (exact) mass is 321 g/mol. The maximum absolute atomic E-state index is 6.34. The molecule has 21 heavy (non-hydrogen) atoms. The Hall–Kier alpha value is -1.36. The second-order valence-corrected chi connectivity index (χ2v) is 6.23. The van der Waals surface area contributed by atoms with Crippen LogP contribution in [0.4, 0.5) is 0 Å². The highest BCUT2D eigenvalue weighted by Gasteiger charge is 2.13. The lowest BCUT2D eigenvalue weighted by molar-refractivity contribution is 0.171. The van der Waals surface area contributed by atoms with E-state index in [1.165, 1.54) is 0 Å². The molecule has 0 radical (unpaired) electrons. The predicted octanol–water partition coefficient (Wildman–Crippen LogP) is 3.76. The van der Waals surface area contributed by atoms with E-state index in [0.717, 1.165) is 38.3 Å². The van der Waals surface area contributed by atoms with Gasteiger partial charge in [0.05, 0.1) is 5.02 Å². The zero-order chi connectivity index (χ0) is 14.7. The Labute approximate surface area is 133 Å². The molecule has 2 N–H and O–H groups in total.